The van der Waals surface area contributed by atoms with Crippen molar-refractivity contribution in [2.45, 2.75) is 39.7 Å². The molecule has 0 bridgehead atoms. The molecule has 0 radical (unpaired) electrons. The van der Waals surface area contributed by atoms with E-state index in [1.165, 1.54) is 5.34 Å². The van der Waals surface area contributed by atoms with E-state index in [1.807, 2.05) is 47.9 Å². The van der Waals surface area contributed by atoms with E-state index in [1.54, 1.807) is 18.2 Å². The summed E-state index contributed by atoms with van der Waals surface area (Å²) in [6.45, 7) is 8.81. The Balaban J connectivity index is -0.0000000319. The van der Waals surface area contributed by atoms with Crippen molar-refractivity contribution in [1.29, 1.82) is 0 Å². The average molecular weight is 505 g/mol. The normalized spacial score (nSPS) is 9.83. The third-order valence-electron chi connectivity index (χ3n) is 4.05. The quantitative estimate of drug-likeness (QED) is 0.256. The fourth-order valence-corrected chi connectivity index (χ4v) is 2.63. The van der Waals surface area contributed by atoms with Gasteiger partial charge in [0.2, 0.25) is 0 Å². The molecule has 0 aliphatic rings. The van der Waals surface area contributed by atoms with Crippen LogP contribution in [0.25, 0.3) is 0 Å². The van der Waals surface area contributed by atoms with E-state index in [0.29, 0.717) is 6.42 Å². The summed E-state index contributed by atoms with van der Waals surface area (Å²) >= 11 is 0. The summed E-state index contributed by atoms with van der Waals surface area (Å²) in [5, 5.41) is 28.2. The second kappa shape index (κ2) is 24.9. The summed E-state index contributed by atoms with van der Waals surface area (Å²) in [7, 11) is 3.99. The minimum atomic E-state index is -0.886. The van der Waals surface area contributed by atoms with Gasteiger partial charge in [-0.25, -0.2) is 0 Å². The van der Waals surface area contributed by atoms with Crippen LogP contribution in [0.5, 0.6) is 5.75 Å². The molecule has 0 amide bonds. The summed E-state index contributed by atoms with van der Waals surface area (Å²) in [5.41, 5.74) is -0.0995. The zero-order chi connectivity index (χ0) is 28.2. The van der Waals surface area contributed by atoms with Crippen molar-refractivity contribution in [3.05, 3.63) is 34.7 Å². The largest absolute Gasteiger partial charge is 0.508 e. The molecule has 0 saturated heterocycles. The van der Waals surface area contributed by atoms with Gasteiger partial charge in [0, 0.05) is 26.7 Å². The lowest BCUT2D eigenvalue weighted by molar-refractivity contribution is -0.0293. The van der Waals surface area contributed by atoms with Gasteiger partial charge in [0.1, 0.15) is 5.75 Å². The second-order valence-corrected chi connectivity index (χ2v) is 6.61. The Morgan fingerprint density at radius 2 is 1.36 bits per heavy atom. The van der Waals surface area contributed by atoms with Crippen molar-refractivity contribution in [1.82, 2.24) is 4.90 Å². The molecule has 2 atom stereocenters. The number of hydrogen-bond donors (Lipinski definition) is 3. The van der Waals surface area contributed by atoms with Crippen LogP contribution in [0.3, 0.4) is 0 Å². The van der Waals surface area contributed by atoms with E-state index in [2.05, 4.69) is 75.9 Å². The number of nitrogens with zero attached hydrogens (tertiary/aromatic N) is 2. The van der Waals surface area contributed by atoms with Crippen LogP contribution in [-0.4, -0.2) is 41.0 Å². The van der Waals surface area contributed by atoms with Crippen LogP contribution in [0.1, 0.15) is 53.9 Å². The van der Waals surface area contributed by atoms with E-state index in [4.69, 9.17) is 23.0 Å². The highest BCUT2D eigenvalue weighted by Crippen LogP contribution is 2.34. The third kappa shape index (κ3) is 18.8. The molecule has 0 aliphatic heterocycles. The molecule has 0 unspecified atom stereocenters. The smallest absolute Gasteiger partial charge is 0.152 e. The lowest BCUT2D eigenvalue weighted by atomic mass is 9.80. The first-order valence-corrected chi connectivity index (χ1v) is 10.8. The third-order valence-corrected chi connectivity index (χ3v) is 4.05. The van der Waals surface area contributed by atoms with Crippen LogP contribution < -0.4 is 0 Å². The Morgan fingerprint density at radius 3 is 1.67 bits per heavy atom. The van der Waals surface area contributed by atoms with Crippen LogP contribution in [0.2, 0.25) is 0 Å². The van der Waals surface area contributed by atoms with Gasteiger partial charge in [0.15, 0.2) is 5.34 Å². The summed E-state index contributed by atoms with van der Waals surface area (Å²) in [4.78, 5) is 10.2. The second-order valence-electron chi connectivity index (χ2n) is 6.61. The van der Waals surface area contributed by atoms with Crippen LogP contribution in [-0.2, 0) is 5.60 Å². The molecule has 0 aliphatic carbocycles. The molecule has 0 fully saturated rings. The summed E-state index contributed by atoms with van der Waals surface area (Å²) in [5.74, 6) is 28.6. The Morgan fingerprint density at radius 1 is 0.972 bits per heavy atom. The maximum atomic E-state index is 10.8. The Hall–Kier alpha value is -4.74. The van der Waals surface area contributed by atoms with Crippen molar-refractivity contribution in [2.75, 3.05) is 20.6 Å². The minimum Gasteiger partial charge on any atom is -0.508 e. The van der Waals surface area contributed by atoms with Crippen molar-refractivity contribution in [3.63, 3.8) is 0 Å². The predicted molar refractivity (Wildman–Crippen MR) is 167 cm³/mol. The number of aliphatic hydroxyl groups is 1. The number of aromatic hydroxyl groups is 1. The number of hydrogen-bond acceptors (Lipinski definition) is 5. The van der Waals surface area contributed by atoms with Crippen LogP contribution in [0.4, 0.5) is 0 Å². The van der Waals surface area contributed by atoms with Crippen molar-refractivity contribution in [2.24, 2.45) is 11.3 Å². The molecule has 6 nitrogen and oxygen atoms in total. The first kappa shape index (κ1) is 35.8. The molecular weight excluding hydrogens is 452 g/mol. The maximum Gasteiger partial charge on any atom is 0.152 e. The van der Waals surface area contributed by atoms with E-state index in [9.17, 15) is 10.2 Å². The zero-order valence-electron chi connectivity index (χ0n) is 21.6. The van der Waals surface area contributed by atoms with Crippen LogP contribution >= 0.6 is 0 Å². The zero-order valence-corrected chi connectivity index (χ0v) is 21.6. The number of rotatable bonds is 5. The van der Waals surface area contributed by atoms with Gasteiger partial charge in [-0.3, -0.25) is 0 Å². The molecule has 1 rings (SSSR count). The Kier molecular flexibility index (Phi) is 24.8. The number of phenolic OH excluding ortho intramolecular Hbond substituents is 1. The molecular formula is C30H52N2O4. The highest BCUT2D eigenvalue weighted by Gasteiger charge is 2.34. The van der Waals surface area contributed by atoms with Gasteiger partial charge < -0.3 is 20.3 Å². The minimum absolute atomic E-state index is 0. The molecule has 6 heteroatoms. The summed E-state index contributed by atoms with van der Waals surface area (Å²) < 4.78 is 0. The van der Waals surface area contributed by atoms with Gasteiger partial charge in [-0.15, -0.1) is 17.8 Å². The molecule has 3 N–H and O–H groups in total. The van der Waals surface area contributed by atoms with Crippen LogP contribution in [0, 0.1) is 94.7 Å². The standard InChI is InChI=1S/C14H23NO2.C14H2.C2H6.HNO2.10H2/c1-5-14(17,11(2)10-15(3)4)12-7-6-8-13(16)9-12;1-3-5-7-9-11-13-14-12-10-8-6-4-2;1-2;2-1-3;;;;;;;;;;/h6-9,11,16-17H,5,10H2,1-4H3;1-2H;1-2H3;(H,2,3);10*1H/t11-,14-;;;;;;;;;;;;;/m1............./s1. The number of phenols is 1. The molecule has 0 spiro atoms. The molecule has 0 saturated carbocycles. The van der Waals surface area contributed by atoms with Crippen LogP contribution in [0.15, 0.2) is 29.6 Å². The topological polar surface area (TPSA) is 93.4 Å². The monoisotopic (exact) mass is 504 g/mol. The van der Waals surface area contributed by atoms with Gasteiger partial charge in [0.05, 0.1) is 5.60 Å². The van der Waals surface area contributed by atoms with Gasteiger partial charge in [-0.1, -0.05) is 39.8 Å². The average Bonchev–Trinajstić information content (AvgIpc) is 2.86. The van der Waals surface area contributed by atoms with Gasteiger partial charge in [0.25, 0.3) is 0 Å². The highest BCUT2D eigenvalue weighted by molar-refractivity contribution is 5.44. The van der Waals surface area contributed by atoms with Crippen molar-refractivity contribution in [3.8, 4) is 89.6 Å². The number of benzene rings is 1. The maximum absolute atomic E-state index is 10.8. The molecule has 206 valence electrons. The van der Waals surface area contributed by atoms with E-state index in [-0.39, 0.29) is 25.9 Å². The highest BCUT2D eigenvalue weighted by atomic mass is 16.6. The van der Waals surface area contributed by atoms with E-state index >= 15 is 0 Å². The Labute approximate surface area is 231 Å². The first-order valence-electron chi connectivity index (χ1n) is 10.8. The fourth-order valence-electron chi connectivity index (χ4n) is 2.63. The van der Waals surface area contributed by atoms with Gasteiger partial charge in [-0.2, -0.15) is 0 Å². The van der Waals surface area contributed by atoms with Gasteiger partial charge in [-0.05, 0) is 109 Å². The predicted octanol–water partition coefficient (Wildman–Crippen LogP) is 6.09. The lowest BCUT2D eigenvalue weighted by Crippen LogP contribution is -2.38. The number of terminal acetylenes is 2. The van der Waals surface area contributed by atoms with E-state index in [0.717, 1.165) is 12.1 Å². The molecule has 1 aromatic carbocycles. The lowest BCUT2D eigenvalue weighted by Gasteiger charge is -2.35. The molecule has 0 aromatic heterocycles. The van der Waals surface area contributed by atoms with E-state index < -0.39 is 5.60 Å². The molecule has 0 heterocycles. The molecule has 1 aromatic rings. The van der Waals surface area contributed by atoms with Crippen molar-refractivity contribution >= 4 is 0 Å². The fraction of sp³-hybridized carbons (Fsp3) is 0.333. The van der Waals surface area contributed by atoms with Gasteiger partial charge >= 0.3 is 0 Å². The SMILES string of the molecule is C#CC#CC#CC#CC#CC#CC#C.CC.CC[C@](O)(c1cccc(O)c1)[C@H](C)CN(C)C.O=NO.[HH].[HH].[HH].[HH].[HH].[HH].[HH].[HH].[HH].[HH]. The first-order chi connectivity index (χ1) is 17.2. The Bertz CT molecular complexity index is 1160. The molecule has 36 heavy (non-hydrogen) atoms. The van der Waals surface area contributed by atoms with Crippen molar-refractivity contribution < 1.29 is 29.7 Å². The summed E-state index contributed by atoms with van der Waals surface area (Å²) in [6.07, 6.45) is 10.3. The summed E-state index contributed by atoms with van der Waals surface area (Å²) in [6, 6.07) is 6.91.